The highest BCUT2D eigenvalue weighted by atomic mass is 19.1. The van der Waals surface area contributed by atoms with Gasteiger partial charge in [0.25, 0.3) is 0 Å². The van der Waals surface area contributed by atoms with Crippen molar-refractivity contribution in [3.8, 4) is 0 Å². The number of halogens is 1. The monoisotopic (exact) mass is 284 g/mol. The second-order valence-electron chi connectivity index (χ2n) is 4.05. The lowest BCUT2D eigenvalue weighted by Gasteiger charge is -2.18. The summed E-state index contributed by atoms with van der Waals surface area (Å²) in [6.07, 6.45) is 0. The molecule has 6 nitrogen and oxygen atoms in total. The molecule has 1 aromatic carbocycles. The van der Waals surface area contributed by atoms with Crippen molar-refractivity contribution in [2.75, 3.05) is 32.1 Å². The number of carbonyl (C=O) groups is 2. The summed E-state index contributed by atoms with van der Waals surface area (Å²) in [5.74, 6) is -2.02. The lowest BCUT2D eigenvalue weighted by Crippen LogP contribution is -2.34. The van der Waals surface area contributed by atoms with Gasteiger partial charge in [-0.1, -0.05) is 0 Å². The minimum absolute atomic E-state index is 0.0664. The summed E-state index contributed by atoms with van der Waals surface area (Å²) in [6.45, 7) is 3.16. The van der Waals surface area contributed by atoms with E-state index in [1.54, 1.807) is 7.05 Å². The number of nitrogens with zero attached hydrogens (tertiary/aromatic N) is 1. The summed E-state index contributed by atoms with van der Waals surface area (Å²) < 4.78 is 18.7. The molecule has 0 atom stereocenters. The molecule has 0 bridgehead atoms. The summed E-state index contributed by atoms with van der Waals surface area (Å²) in [5.41, 5.74) is -0.242. The molecule has 0 aliphatic heterocycles. The maximum atomic E-state index is 13.6. The minimum atomic E-state index is -1.23. The average Bonchev–Trinajstić information content (AvgIpc) is 2.40. The molecule has 0 saturated carbocycles. The molecule has 2 N–H and O–H groups in total. The topological polar surface area (TPSA) is 78.9 Å². The van der Waals surface area contributed by atoms with Gasteiger partial charge in [-0.05, 0) is 25.1 Å². The molecule has 1 rings (SSSR count). The van der Waals surface area contributed by atoms with Crippen molar-refractivity contribution < 1.29 is 23.8 Å². The Morgan fingerprint density at radius 2 is 2.15 bits per heavy atom. The highest BCUT2D eigenvalue weighted by Crippen LogP contribution is 2.16. The van der Waals surface area contributed by atoms with Crippen LogP contribution >= 0.6 is 0 Å². The van der Waals surface area contributed by atoms with Gasteiger partial charge in [-0.25, -0.2) is 14.0 Å². The molecular weight excluding hydrogens is 267 g/mol. The second-order valence-corrected chi connectivity index (χ2v) is 4.05. The third kappa shape index (κ3) is 4.51. The Hall–Kier alpha value is -2.15. The fourth-order valence-corrected chi connectivity index (χ4v) is 1.41. The zero-order chi connectivity index (χ0) is 15.1. The van der Waals surface area contributed by atoms with E-state index in [2.05, 4.69) is 5.32 Å². The summed E-state index contributed by atoms with van der Waals surface area (Å²) >= 11 is 0. The third-order valence-electron chi connectivity index (χ3n) is 2.58. The van der Waals surface area contributed by atoms with Gasteiger partial charge in [0.15, 0.2) is 0 Å². The van der Waals surface area contributed by atoms with Gasteiger partial charge >= 0.3 is 12.0 Å². The summed E-state index contributed by atoms with van der Waals surface area (Å²) in [6, 6.07) is 2.80. The van der Waals surface area contributed by atoms with E-state index in [1.807, 2.05) is 6.92 Å². The molecule has 0 aliphatic rings. The van der Waals surface area contributed by atoms with Crippen LogP contribution in [0.4, 0.5) is 14.9 Å². The number of hydrogen-bond acceptors (Lipinski definition) is 3. The number of rotatable bonds is 6. The van der Waals surface area contributed by atoms with Crippen LogP contribution in [0.5, 0.6) is 0 Å². The maximum Gasteiger partial charge on any atom is 0.335 e. The molecule has 20 heavy (non-hydrogen) atoms. The number of aromatic carboxylic acids is 1. The molecule has 1 aromatic rings. The van der Waals surface area contributed by atoms with Gasteiger partial charge in [-0.15, -0.1) is 0 Å². The van der Waals surface area contributed by atoms with Crippen molar-refractivity contribution >= 4 is 17.7 Å². The number of anilines is 1. The Kier molecular flexibility index (Phi) is 5.92. The van der Waals surface area contributed by atoms with Crippen molar-refractivity contribution in [3.63, 3.8) is 0 Å². The minimum Gasteiger partial charge on any atom is -0.478 e. The Morgan fingerprint density at radius 3 is 2.70 bits per heavy atom. The van der Waals surface area contributed by atoms with Crippen LogP contribution < -0.4 is 5.32 Å². The number of carboxylic acids is 1. The molecule has 0 saturated heterocycles. The quantitative estimate of drug-likeness (QED) is 0.783. The van der Waals surface area contributed by atoms with Gasteiger partial charge in [0, 0.05) is 20.2 Å². The second kappa shape index (κ2) is 7.44. The standard InChI is InChI=1S/C13H17FN2O4/c1-3-20-7-6-16(2)13(19)15-11-5-4-9(12(17)18)8-10(11)14/h4-5,8H,3,6-7H2,1-2H3,(H,15,19)(H,17,18). The van der Waals surface area contributed by atoms with E-state index in [9.17, 15) is 14.0 Å². The van der Waals surface area contributed by atoms with Gasteiger partial charge in [0.05, 0.1) is 17.9 Å². The first-order valence-corrected chi connectivity index (χ1v) is 6.08. The molecule has 0 fully saturated rings. The lowest BCUT2D eigenvalue weighted by molar-refractivity contribution is 0.0696. The number of benzene rings is 1. The van der Waals surface area contributed by atoms with Crippen molar-refractivity contribution in [2.24, 2.45) is 0 Å². The average molecular weight is 284 g/mol. The number of carboxylic acid groups (broad SMARTS) is 1. The summed E-state index contributed by atoms with van der Waals surface area (Å²) in [7, 11) is 1.55. The van der Waals surface area contributed by atoms with Crippen LogP contribution in [-0.2, 0) is 4.74 Å². The summed E-state index contributed by atoms with van der Waals surface area (Å²) in [5, 5.41) is 11.1. The first-order valence-electron chi connectivity index (χ1n) is 6.08. The Balaban J connectivity index is 2.64. The van der Waals surface area contributed by atoms with Crippen LogP contribution in [-0.4, -0.2) is 48.8 Å². The fraction of sp³-hybridized carbons (Fsp3) is 0.385. The summed E-state index contributed by atoms with van der Waals surface area (Å²) in [4.78, 5) is 23.8. The normalized spacial score (nSPS) is 10.2. The number of carbonyl (C=O) groups excluding carboxylic acids is 1. The molecule has 2 amide bonds. The first kappa shape index (κ1) is 15.9. The number of likely N-dealkylation sites (N-methyl/N-ethyl adjacent to an activating group) is 1. The van der Waals surface area contributed by atoms with E-state index in [0.29, 0.717) is 19.8 Å². The van der Waals surface area contributed by atoms with Crippen LogP contribution in [0.1, 0.15) is 17.3 Å². The number of ether oxygens (including phenoxy) is 1. The number of urea groups is 1. The van der Waals surface area contributed by atoms with Crippen LogP contribution in [0.2, 0.25) is 0 Å². The van der Waals surface area contributed by atoms with Gasteiger partial charge in [-0.3, -0.25) is 0 Å². The molecule has 0 radical (unpaired) electrons. The molecule has 0 heterocycles. The first-order chi connectivity index (χ1) is 9.45. The number of hydrogen-bond donors (Lipinski definition) is 2. The van der Waals surface area contributed by atoms with Crippen LogP contribution in [0.3, 0.4) is 0 Å². The van der Waals surface area contributed by atoms with E-state index in [4.69, 9.17) is 9.84 Å². The fourth-order valence-electron chi connectivity index (χ4n) is 1.41. The van der Waals surface area contributed by atoms with Crippen molar-refractivity contribution in [3.05, 3.63) is 29.6 Å². The van der Waals surface area contributed by atoms with E-state index in [-0.39, 0.29) is 11.3 Å². The molecule has 0 spiro atoms. The van der Waals surface area contributed by atoms with E-state index >= 15 is 0 Å². The van der Waals surface area contributed by atoms with Crippen molar-refractivity contribution in [2.45, 2.75) is 6.92 Å². The lowest BCUT2D eigenvalue weighted by atomic mass is 10.2. The highest BCUT2D eigenvalue weighted by Gasteiger charge is 2.13. The maximum absolute atomic E-state index is 13.6. The predicted octanol–water partition coefficient (Wildman–Crippen LogP) is 2.02. The predicted molar refractivity (Wildman–Crippen MR) is 71.5 cm³/mol. The number of nitrogens with one attached hydrogen (secondary N) is 1. The smallest absolute Gasteiger partial charge is 0.335 e. The van der Waals surface area contributed by atoms with Crippen LogP contribution in [0, 0.1) is 5.82 Å². The van der Waals surface area contributed by atoms with Crippen molar-refractivity contribution in [1.29, 1.82) is 0 Å². The molecular formula is C13H17FN2O4. The van der Waals surface area contributed by atoms with Crippen LogP contribution in [0.25, 0.3) is 0 Å². The SMILES string of the molecule is CCOCCN(C)C(=O)Nc1ccc(C(=O)O)cc1F. The molecule has 0 aliphatic carbocycles. The largest absolute Gasteiger partial charge is 0.478 e. The van der Waals surface area contributed by atoms with Gasteiger partial charge in [0.2, 0.25) is 0 Å². The van der Waals surface area contributed by atoms with E-state index < -0.39 is 17.8 Å². The van der Waals surface area contributed by atoms with Crippen molar-refractivity contribution in [1.82, 2.24) is 4.90 Å². The Labute approximate surface area is 116 Å². The zero-order valence-electron chi connectivity index (χ0n) is 11.4. The zero-order valence-corrected chi connectivity index (χ0v) is 11.4. The molecule has 0 aromatic heterocycles. The van der Waals surface area contributed by atoms with E-state index in [1.165, 1.54) is 17.0 Å². The Bertz CT molecular complexity index is 493. The molecule has 110 valence electrons. The third-order valence-corrected chi connectivity index (χ3v) is 2.58. The number of amides is 2. The highest BCUT2D eigenvalue weighted by molar-refractivity contribution is 5.91. The Morgan fingerprint density at radius 1 is 1.45 bits per heavy atom. The van der Waals surface area contributed by atoms with Gasteiger partial charge in [-0.2, -0.15) is 0 Å². The van der Waals surface area contributed by atoms with E-state index in [0.717, 1.165) is 6.07 Å². The molecule has 0 unspecified atom stereocenters. The van der Waals surface area contributed by atoms with Crippen LogP contribution in [0.15, 0.2) is 18.2 Å². The van der Waals surface area contributed by atoms with Gasteiger partial charge < -0.3 is 20.1 Å². The molecule has 7 heteroatoms. The van der Waals surface area contributed by atoms with Gasteiger partial charge in [0.1, 0.15) is 5.82 Å².